The second-order valence-corrected chi connectivity index (χ2v) is 7.36. The third-order valence-electron chi connectivity index (χ3n) is 5.19. The highest BCUT2D eigenvalue weighted by Crippen LogP contribution is 2.15. The molecule has 1 aromatic heterocycles. The van der Waals surface area contributed by atoms with Crippen LogP contribution in [0.5, 0.6) is 0 Å². The third kappa shape index (κ3) is 4.82. The molecule has 0 aliphatic carbocycles. The Bertz CT molecular complexity index is 907. The standard InChI is InChI=1S/C21H27N5O3/c1-15-18(16(2)26(23-15)13-17-8-5-4-6-9-17)12-22-19(27)10-7-11-25-20(28)14-24(3)21(25)29/h4-6,8-9H,7,10-14H2,1-3H3,(H,22,27). The molecule has 1 fully saturated rings. The van der Waals surface area contributed by atoms with Crippen molar-refractivity contribution in [3.05, 3.63) is 52.8 Å². The minimum absolute atomic E-state index is 0.105. The predicted molar refractivity (Wildman–Crippen MR) is 108 cm³/mol. The van der Waals surface area contributed by atoms with E-state index in [0.29, 0.717) is 19.5 Å². The summed E-state index contributed by atoms with van der Waals surface area (Å²) in [6.07, 6.45) is 0.708. The number of hydrogen-bond donors (Lipinski definition) is 1. The van der Waals surface area contributed by atoms with Crippen LogP contribution in [-0.2, 0) is 22.7 Å². The highest BCUT2D eigenvalue weighted by molar-refractivity contribution is 6.01. The summed E-state index contributed by atoms with van der Waals surface area (Å²) in [4.78, 5) is 38.4. The maximum atomic E-state index is 12.2. The SMILES string of the molecule is Cc1nn(Cc2ccccc2)c(C)c1CNC(=O)CCCN1C(=O)CN(C)C1=O. The zero-order chi connectivity index (χ0) is 21.0. The van der Waals surface area contributed by atoms with E-state index in [1.165, 1.54) is 15.4 Å². The molecule has 1 saturated heterocycles. The van der Waals surface area contributed by atoms with Gasteiger partial charge in [-0.1, -0.05) is 30.3 Å². The summed E-state index contributed by atoms with van der Waals surface area (Å²) in [5.74, 6) is -0.318. The maximum Gasteiger partial charge on any atom is 0.326 e. The first-order chi connectivity index (χ1) is 13.9. The molecule has 8 heteroatoms. The zero-order valence-electron chi connectivity index (χ0n) is 17.1. The lowest BCUT2D eigenvalue weighted by atomic mass is 10.2. The van der Waals surface area contributed by atoms with E-state index in [0.717, 1.165) is 17.0 Å². The number of urea groups is 1. The fraction of sp³-hybridized carbons (Fsp3) is 0.429. The second kappa shape index (κ2) is 8.89. The molecule has 1 aromatic carbocycles. The van der Waals surface area contributed by atoms with Gasteiger partial charge in [-0.05, 0) is 25.8 Å². The van der Waals surface area contributed by atoms with Crippen LogP contribution in [0.2, 0.25) is 0 Å². The van der Waals surface area contributed by atoms with Crippen molar-refractivity contribution in [2.45, 2.75) is 39.8 Å². The molecule has 0 atom stereocenters. The van der Waals surface area contributed by atoms with Gasteiger partial charge in [0, 0.05) is 37.8 Å². The Kier molecular flexibility index (Phi) is 6.31. The number of aromatic nitrogens is 2. The molecule has 1 aliphatic heterocycles. The summed E-state index contributed by atoms with van der Waals surface area (Å²) >= 11 is 0. The van der Waals surface area contributed by atoms with Crippen LogP contribution < -0.4 is 5.32 Å². The lowest BCUT2D eigenvalue weighted by molar-refractivity contribution is -0.126. The van der Waals surface area contributed by atoms with Crippen molar-refractivity contribution in [3.63, 3.8) is 0 Å². The first-order valence-corrected chi connectivity index (χ1v) is 9.75. The summed E-state index contributed by atoms with van der Waals surface area (Å²) in [7, 11) is 1.59. The van der Waals surface area contributed by atoms with Crippen LogP contribution in [0, 0.1) is 13.8 Å². The molecule has 154 valence electrons. The van der Waals surface area contributed by atoms with Crippen LogP contribution in [0.15, 0.2) is 30.3 Å². The van der Waals surface area contributed by atoms with Gasteiger partial charge in [-0.15, -0.1) is 0 Å². The first kappa shape index (κ1) is 20.6. The number of carbonyl (C=O) groups excluding carboxylic acids is 3. The van der Waals surface area contributed by atoms with E-state index in [9.17, 15) is 14.4 Å². The first-order valence-electron chi connectivity index (χ1n) is 9.75. The Hall–Kier alpha value is -3.16. The van der Waals surface area contributed by atoms with Crippen molar-refractivity contribution in [1.82, 2.24) is 24.9 Å². The normalized spacial score (nSPS) is 14.0. The fourth-order valence-corrected chi connectivity index (χ4v) is 3.46. The largest absolute Gasteiger partial charge is 0.352 e. The quantitative estimate of drug-likeness (QED) is 0.689. The molecule has 2 aromatic rings. The van der Waals surface area contributed by atoms with Gasteiger partial charge in [0.15, 0.2) is 0 Å². The van der Waals surface area contributed by atoms with Crippen LogP contribution in [0.4, 0.5) is 4.79 Å². The van der Waals surface area contributed by atoms with E-state index in [4.69, 9.17) is 0 Å². The minimum atomic E-state index is -0.299. The number of nitrogens with one attached hydrogen (secondary N) is 1. The van der Waals surface area contributed by atoms with Crippen molar-refractivity contribution in [1.29, 1.82) is 0 Å². The van der Waals surface area contributed by atoms with Crippen molar-refractivity contribution < 1.29 is 14.4 Å². The summed E-state index contributed by atoms with van der Waals surface area (Å²) < 4.78 is 1.95. The van der Waals surface area contributed by atoms with E-state index in [2.05, 4.69) is 22.5 Å². The van der Waals surface area contributed by atoms with E-state index in [-0.39, 0.29) is 37.4 Å². The number of imide groups is 1. The average Bonchev–Trinajstić information content (AvgIpc) is 3.09. The highest BCUT2D eigenvalue weighted by Gasteiger charge is 2.32. The van der Waals surface area contributed by atoms with Gasteiger partial charge in [0.1, 0.15) is 6.54 Å². The van der Waals surface area contributed by atoms with E-state index < -0.39 is 0 Å². The topological polar surface area (TPSA) is 87.5 Å². The molecule has 0 saturated carbocycles. The van der Waals surface area contributed by atoms with Crippen LogP contribution in [0.3, 0.4) is 0 Å². The molecule has 4 amide bonds. The zero-order valence-corrected chi connectivity index (χ0v) is 17.1. The molecular formula is C21H27N5O3. The van der Waals surface area contributed by atoms with Gasteiger partial charge < -0.3 is 10.2 Å². The maximum absolute atomic E-state index is 12.2. The number of aryl methyl sites for hydroxylation is 1. The predicted octanol–water partition coefficient (Wildman–Crippen LogP) is 1.84. The summed E-state index contributed by atoms with van der Waals surface area (Å²) in [6, 6.07) is 9.82. The number of nitrogens with zero attached hydrogens (tertiary/aromatic N) is 4. The van der Waals surface area contributed by atoms with Gasteiger partial charge in [0.25, 0.3) is 0 Å². The van der Waals surface area contributed by atoms with E-state index in [1.54, 1.807) is 7.05 Å². The number of carbonyl (C=O) groups is 3. The molecule has 0 unspecified atom stereocenters. The van der Waals surface area contributed by atoms with Gasteiger partial charge >= 0.3 is 6.03 Å². The molecule has 3 rings (SSSR count). The number of rotatable bonds is 8. The average molecular weight is 397 g/mol. The van der Waals surface area contributed by atoms with E-state index in [1.807, 2.05) is 36.7 Å². The van der Waals surface area contributed by atoms with E-state index >= 15 is 0 Å². The fourth-order valence-electron chi connectivity index (χ4n) is 3.46. The van der Waals surface area contributed by atoms with Crippen LogP contribution >= 0.6 is 0 Å². The summed E-state index contributed by atoms with van der Waals surface area (Å²) in [5, 5.41) is 7.52. The lowest BCUT2D eigenvalue weighted by Gasteiger charge is -2.13. The smallest absolute Gasteiger partial charge is 0.326 e. The molecule has 1 aliphatic rings. The molecule has 29 heavy (non-hydrogen) atoms. The second-order valence-electron chi connectivity index (χ2n) is 7.36. The van der Waals surface area contributed by atoms with Gasteiger partial charge in [-0.3, -0.25) is 19.2 Å². The number of likely N-dealkylation sites (N-methyl/N-ethyl adjacent to an activating group) is 1. The Balaban J connectivity index is 1.49. The van der Waals surface area contributed by atoms with Gasteiger partial charge in [-0.2, -0.15) is 5.10 Å². The van der Waals surface area contributed by atoms with Crippen molar-refractivity contribution in [3.8, 4) is 0 Å². The van der Waals surface area contributed by atoms with Crippen molar-refractivity contribution >= 4 is 17.8 Å². The molecule has 8 nitrogen and oxygen atoms in total. The highest BCUT2D eigenvalue weighted by atomic mass is 16.2. The molecule has 0 radical (unpaired) electrons. The Morgan fingerprint density at radius 3 is 2.55 bits per heavy atom. The van der Waals surface area contributed by atoms with Crippen LogP contribution in [0.25, 0.3) is 0 Å². The third-order valence-corrected chi connectivity index (χ3v) is 5.19. The number of amides is 4. The number of benzene rings is 1. The van der Waals surface area contributed by atoms with Gasteiger partial charge in [0.2, 0.25) is 11.8 Å². The molecular weight excluding hydrogens is 370 g/mol. The summed E-state index contributed by atoms with van der Waals surface area (Å²) in [6.45, 7) is 5.42. The Morgan fingerprint density at radius 2 is 1.90 bits per heavy atom. The monoisotopic (exact) mass is 397 g/mol. The Morgan fingerprint density at radius 1 is 1.17 bits per heavy atom. The lowest BCUT2D eigenvalue weighted by Crippen LogP contribution is -2.33. The van der Waals surface area contributed by atoms with Crippen molar-refractivity contribution in [2.75, 3.05) is 20.1 Å². The molecule has 0 spiro atoms. The minimum Gasteiger partial charge on any atom is -0.352 e. The molecule has 2 heterocycles. The van der Waals surface area contributed by atoms with Crippen LogP contribution in [-0.4, -0.2) is 57.6 Å². The Labute approximate surface area is 170 Å². The van der Waals surface area contributed by atoms with Gasteiger partial charge in [0.05, 0.1) is 12.2 Å². The molecule has 0 bridgehead atoms. The van der Waals surface area contributed by atoms with Crippen molar-refractivity contribution in [2.24, 2.45) is 0 Å². The molecule has 1 N–H and O–H groups in total. The number of hydrogen-bond acceptors (Lipinski definition) is 4. The summed E-state index contributed by atoms with van der Waals surface area (Å²) in [5.41, 5.74) is 4.11. The van der Waals surface area contributed by atoms with Crippen LogP contribution in [0.1, 0.15) is 35.4 Å². The van der Waals surface area contributed by atoms with Gasteiger partial charge in [-0.25, -0.2) is 4.79 Å².